The highest BCUT2D eigenvalue weighted by Crippen LogP contribution is 2.33. The van der Waals surface area contributed by atoms with Gasteiger partial charge in [-0.05, 0) is 22.6 Å². The number of aryl methyl sites for hydroxylation is 1. The van der Waals surface area contributed by atoms with E-state index in [-0.39, 0.29) is 11.4 Å². The van der Waals surface area contributed by atoms with Crippen LogP contribution in [0.3, 0.4) is 0 Å². The first-order chi connectivity index (χ1) is 10.5. The molecule has 0 fully saturated rings. The highest BCUT2D eigenvalue weighted by atomic mass is 32.2. The number of fused-ring (bicyclic) bond motifs is 1. The lowest BCUT2D eigenvalue weighted by Gasteiger charge is -2.20. The van der Waals surface area contributed by atoms with Crippen LogP contribution in [-0.2, 0) is 23.6 Å². The van der Waals surface area contributed by atoms with Crippen LogP contribution < -0.4 is 9.47 Å². The number of tetrazole rings is 1. The molecular weight excluding hydrogens is 310 g/mol. The molecule has 10 heteroatoms. The Morgan fingerprint density at radius 1 is 1.27 bits per heavy atom. The first-order valence-corrected chi connectivity index (χ1v) is 8.00. The monoisotopic (exact) mass is 325 g/mol. The van der Waals surface area contributed by atoms with Crippen molar-refractivity contribution < 1.29 is 17.9 Å². The fourth-order valence-electron chi connectivity index (χ4n) is 2.03. The molecule has 22 heavy (non-hydrogen) atoms. The molecule has 118 valence electrons. The molecule has 0 atom stereocenters. The quantitative estimate of drug-likeness (QED) is 0.767. The van der Waals surface area contributed by atoms with E-state index in [1.54, 1.807) is 13.1 Å². The normalized spacial score (nSPS) is 14.3. The predicted molar refractivity (Wildman–Crippen MR) is 74.9 cm³/mol. The van der Waals surface area contributed by atoms with Gasteiger partial charge in [-0.15, -0.1) is 5.10 Å². The Kier molecular flexibility index (Phi) is 3.71. The highest BCUT2D eigenvalue weighted by Gasteiger charge is 2.25. The van der Waals surface area contributed by atoms with Crippen LogP contribution in [-0.4, -0.2) is 53.2 Å². The van der Waals surface area contributed by atoms with Crippen molar-refractivity contribution in [1.29, 1.82) is 0 Å². The summed E-state index contributed by atoms with van der Waals surface area (Å²) in [6, 6.07) is 4.56. The van der Waals surface area contributed by atoms with E-state index >= 15 is 0 Å². The van der Waals surface area contributed by atoms with Gasteiger partial charge in [0.2, 0.25) is 10.0 Å². The van der Waals surface area contributed by atoms with Gasteiger partial charge in [-0.2, -0.15) is 4.31 Å². The number of benzene rings is 1. The van der Waals surface area contributed by atoms with Crippen LogP contribution in [0.5, 0.6) is 11.5 Å². The molecule has 1 aromatic carbocycles. The Labute approximate surface area is 127 Å². The van der Waals surface area contributed by atoms with Crippen LogP contribution in [0, 0.1) is 0 Å². The maximum absolute atomic E-state index is 12.6. The maximum atomic E-state index is 12.6. The van der Waals surface area contributed by atoms with Gasteiger partial charge in [-0.25, -0.2) is 13.1 Å². The molecule has 9 nitrogen and oxygen atoms in total. The molecule has 2 aromatic rings. The van der Waals surface area contributed by atoms with Crippen LogP contribution >= 0.6 is 0 Å². The SMILES string of the molecule is CN(Cc1nnnn1C)S(=O)(=O)c1ccc2c(c1)OCCO2. The molecule has 0 aliphatic carbocycles. The first kappa shape index (κ1) is 14.7. The summed E-state index contributed by atoms with van der Waals surface area (Å²) in [5.74, 6) is 1.43. The van der Waals surface area contributed by atoms with Crippen molar-refractivity contribution in [2.45, 2.75) is 11.4 Å². The lowest BCUT2D eigenvalue weighted by molar-refractivity contribution is 0.171. The molecule has 0 radical (unpaired) electrons. The number of sulfonamides is 1. The Bertz CT molecular complexity index is 789. The molecule has 0 spiro atoms. The minimum Gasteiger partial charge on any atom is -0.486 e. The molecule has 3 rings (SSSR count). The second kappa shape index (κ2) is 5.54. The van der Waals surface area contributed by atoms with Gasteiger partial charge in [-0.1, -0.05) is 0 Å². The highest BCUT2D eigenvalue weighted by molar-refractivity contribution is 7.89. The smallest absolute Gasteiger partial charge is 0.243 e. The summed E-state index contributed by atoms with van der Waals surface area (Å²) >= 11 is 0. The van der Waals surface area contributed by atoms with Crippen molar-refractivity contribution in [3.63, 3.8) is 0 Å². The summed E-state index contributed by atoms with van der Waals surface area (Å²) < 4.78 is 38.6. The zero-order valence-corrected chi connectivity index (χ0v) is 12.9. The Morgan fingerprint density at radius 3 is 2.68 bits per heavy atom. The zero-order chi connectivity index (χ0) is 15.7. The third kappa shape index (κ3) is 2.62. The van der Waals surface area contributed by atoms with Gasteiger partial charge in [0.25, 0.3) is 0 Å². The minimum absolute atomic E-state index is 0.0697. The Morgan fingerprint density at radius 2 is 2.00 bits per heavy atom. The van der Waals surface area contributed by atoms with E-state index in [0.717, 1.165) is 0 Å². The summed E-state index contributed by atoms with van der Waals surface area (Å²) in [5, 5.41) is 11.0. The van der Waals surface area contributed by atoms with E-state index in [9.17, 15) is 8.42 Å². The number of hydrogen-bond acceptors (Lipinski definition) is 7. The van der Waals surface area contributed by atoms with Gasteiger partial charge in [0, 0.05) is 20.2 Å². The van der Waals surface area contributed by atoms with Crippen molar-refractivity contribution in [1.82, 2.24) is 24.5 Å². The van der Waals surface area contributed by atoms with E-state index in [1.807, 2.05) is 0 Å². The third-order valence-corrected chi connectivity index (χ3v) is 5.09. The van der Waals surface area contributed by atoms with Gasteiger partial charge in [0.05, 0.1) is 11.4 Å². The fraction of sp³-hybridized carbons (Fsp3) is 0.417. The van der Waals surface area contributed by atoms with E-state index < -0.39 is 10.0 Å². The average molecular weight is 325 g/mol. The van der Waals surface area contributed by atoms with Crippen molar-refractivity contribution in [2.24, 2.45) is 7.05 Å². The second-order valence-corrected chi connectivity index (χ2v) is 6.83. The number of nitrogens with zero attached hydrogens (tertiary/aromatic N) is 5. The topological polar surface area (TPSA) is 99.4 Å². The predicted octanol–water partition coefficient (Wildman–Crippen LogP) is -0.198. The molecule has 2 heterocycles. The molecule has 0 unspecified atom stereocenters. The molecule has 1 aromatic heterocycles. The lowest BCUT2D eigenvalue weighted by atomic mass is 10.3. The molecule has 0 bridgehead atoms. The average Bonchev–Trinajstić information content (AvgIpc) is 2.92. The molecule has 1 aliphatic heterocycles. The van der Waals surface area contributed by atoms with Gasteiger partial charge in [0.15, 0.2) is 17.3 Å². The van der Waals surface area contributed by atoms with E-state index in [0.29, 0.717) is 30.5 Å². The number of hydrogen-bond donors (Lipinski definition) is 0. The van der Waals surface area contributed by atoms with Crippen LogP contribution in [0.4, 0.5) is 0 Å². The Balaban J connectivity index is 1.87. The first-order valence-electron chi connectivity index (χ1n) is 6.56. The van der Waals surface area contributed by atoms with Gasteiger partial charge >= 0.3 is 0 Å². The molecular formula is C12H15N5O4S. The molecule has 0 saturated carbocycles. The number of ether oxygens (including phenoxy) is 2. The van der Waals surface area contributed by atoms with Crippen molar-refractivity contribution >= 4 is 10.0 Å². The molecule has 0 saturated heterocycles. The van der Waals surface area contributed by atoms with Gasteiger partial charge in [0.1, 0.15) is 13.2 Å². The minimum atomic E-state index is -3.68. The van der Waals surface area contributed by atoms with Crippen molar-refractivity contribution in [3.8, 4) is 11.5 Å². The summed E-state index contributed by atoms with van der Waals surface area (Å²) in [6.07, 6.45) is 0. The van der Waals surface area contributed by atoms with Crippen molar-refractivity contribution in [3.05, 3.63) is 24.0 Å². The number of aromatic nitrogens is 4. The largest absolute Gasteiger partial charge is 0.486 e. The number of rotatable bonds is 4. The molecule has 1 aliphatic rings. The van der Waals surface area contributed by atoms with Crippen molar-refractivity contribution in [2.75, 3.05) is 20.3 Å². The van der Waals surface area contributed by atoms with Crippen LogP contribution in [0.15, 0.2) is 23.1 Å². The standard InChI is InChI=1S/C12H15N5O4S/c1-16(8-12-13-14-15-17(12)2)22(18,19)9-3-4-10-11(7-9)21-6-5-20-10/h3-4,7H,5-6,8H2,1-2H3. The summed E-state index contributed by atoms with van der Waals surface area (Å²) in [4.78, 5) is 0.134. The zero-order valence-electron chi connectivity index (χ0n) is 12.1. The Hall–Kier alpha value is -2.20. The summed E-state index contributed by atoms with van der Waals surface area (Å²) in [6.45, 7) is 0.926. The van der Waals surface area contributed by atoms with Crippen LogP contribution in [0.1, 0.15) is 5.82 Å². The molecule has 0 amide bonds. The fourth-order valence-corrected chi connectivity index (χ4v) is 3.17. The van der Waals surface area contributed by atoms with Gasteiger partial charge < -0.3 is 9.47 Å². The third-order valence-electron chi connectivity index (χ3n) is 3.29. The lowest BCUT2D eigenvalue weighted by Crippen LogP contribution is -2.28. The van der Waals surface area contributed by atoms with E-state index in [4.69, 9.17) is 9.47 Å². The summed E-state index contributed by atoms with van der Waals surface area (Å²) in [7, 11) is -0.551. The summed E-state index contributed by atoms with van der Waals surface area (Å²) in [5.41, 5.74) is 0. The van der Waals surface area contributed by atoms with Gasteiger partial charge in [-0.3, -0.25) is 0 Å². The van der Waals surface area contributed by atoms with Crippen LogP contribution in [0.2, 0.25) is 0 Å². The maximum Gasteiger partial charge on any atom is 0.243 e. The second-order valence-electron chi connectivity index (χ2n) is 4.79. The van der Waals surface area contributed by atoms with Crippen LogP contribution in [0.25, 0.3) is 0 Å². The van der Waals surface area contributed by atoms with E-state index in [1.165, 1.54) is 28.2 Å². The molecule has 0 N–H and O–H groups in total. The van der Waals surface area contributed by atoms with E-state index in [2.05, 4.69) is 15.5 Å².